The fourth-order valence-electron chi connectivity index (χ4n) is 1.42. The lowest BCUT2D eigenvalue weighted by Crippen LogP contribution is -2.23. The highest BCUT2D eigenvalue weighted by Crippen LogP contribution is 2.29. The van der Waals surface area contributed by atoms with Gasteiger partial charge >= 0.3 is 0 Å². The van der Waals surface area contributed by atoms with E-state index >= 15 is 0 Å². The lowest BCUT2D eigenvalue weighted by atomic mass is 9.89. The number of halogens is 1. The second-order valence-corrected chi connectivity index (χ2v) is 6.32. The fraction of sp³-hybridized carbons (Fsp3) is 0.692. The average Bonchev–Trinajstić information content (AvgIpc) is 2.15. The molecule has 0 saturated heterocycles. The Morgan fingerprint density at radius 1 is 1.35 bits per heavy atom. The van der Waals surface area contributed by atoms with Crippen LogP contribution in [0, 0.1) is 12.3 Å². The summed E-state index contributed by atoms with van der Waals surface area (Å²) in [5.74, 6) is 1.43. The largest absolute Gasteiger partial charge is 0.478 e. The van der Waals surface area contributed by atoms with Gasteiger partial charge in [0.25, 0.3) is 0 Å². The van der Waals surface area contributed by atoms with Crippen LogP contribution in [-0.2, 0) is 6.42 Å². The molecular formula is C13H21BrN2O. The molecule has 1 unspecified atom stereocenters. The maximum atomic E-state index is 5.43. The highest BCUT2D eigenvalue weighted by molar-refractivity contribution is 9.09. The summed E-state index contributed by atoms with van der Waals surface area (Å²) in [6, 6.07) is 1.93. The minimum absolute atomic E-state index is 0.213. The molecule has 17 heavy (non-hydrogen) atoms. The van der Waals surface area contributed by atoms with Crippen LogP contribution in [0.15, 0.2) is 6.07 Å². The second-order valence-electron chi connectivity index (χ2n) is 5.22. The van der Waals surface area contributed by atoms with Gasteiger partial charge < -0.3 is 4.74 Å². The number of hydrogen-bond donors (Lipinski definition) is 0. The Morgan fingerprint density at radius 3 is 2.53 bits per heavy atom. The molecule has 1 heterocycles. The summed E-state index contributed by atoms with van der Waals surface area (Å²) >= 11 is 3.72. The van der Waals surface area contributed by atoms with Crippen molar-refractivity contribution in [2.24, 2.45) is 5.41 Å². The first kappa shape index (κ1) is 14.4. The summed E-state index contributed by atoms with van der Waals surface area (Å²) in [5, 5.41) is 0. The first-order valence-corrected chi connectivity index (χ1v) is 6.86. The summed E-state index contributed by atoms with van der Waals surface area (Å²) in [6.07, 6.45) is 0.882. The van der Waals surface area contributed by atoms with E-state index in [1.807, 2.05) is 19.9 Å². The van der Waals surface area contributed by atoms with Crippen molar-refractivity contribution < 1.29 is 4.74 Å². The van der Waals surface area contributed by atoms with E-state index in [2.05, 4.69) is 46.7 Å². The molecule has 96 valence electrons. The number of aromatic nitrogens is 2. The number of hydrogen-bond acceptors (Lipinski definition) is 3. The van der Waals surface area contributed by atoms with Gasteiger partial charge in [0.2, 0.25) is 5.88 Å². The zero-order chi connectivity index (χ0) is 13.1. The van der Waals surface area contributed by atoms with E-state index in [0.717, 1.165) is 17.9 Å². The summed E-state index contributed by atoms with van der Waals surface area (Å²) in [7, 11) is 0. The van der Waals surface area contributed by atoms with Gasteiger partial charge in [0.05, 0.1) is 6.61 Å². The van der Waals surface area contributed by atoms with Gasteiger partial charge in [-0.2, -0.15) is 4.98 Å². The Balaban J connectivity index is 2.84. The van der Waals surface area contributed by atoms with Crippen molar-refractivity contribution in [2.45, 2.75) is 45.9 Å². The van der Waals surface area contributed by atoms with Gasteiger partial charge in [-0.25, -0.2) is 4.98 Å². The summed E-state index contributed by atoms with van der Waals surface area (Å²) in [5.41, 5.74) is 1.24. The van der Waals surface area contributed by atoms with E-state index in [1.165, 1.54) is 0 Å². The summed E-state index contributed by atoms with van der Waals surface area (Å²) in [4.78, 5) is 9.08. The van der Waals surface area contributed by atoms with Gasteiger partial charge in [-0.15, -0.1) is 0 Å². The Bertz CT molecular complexity index is 374. The van der Waals surface area contributed by atoms with Gasteiger partial charge in [-0.3, -0.25) is 0 Å². The van der Waals surface area contributed by atoms with Gasteiger partial charge in [-0.1, -0.05) is 36.7 Å². The summed E-state index contributed by atoms with van der Waals surface area (Å²) in [6.45, 7) is 11.1. The normalized spacial score (nSPS) is 13.5. The molecule has 0 bridgehead atoms. The third kappa shape index (κ3) is 4.62. The van der Waals surface area contributed by atoms with Gasteiger partial charge in [0.15, 0.2) is 0 Å². The van der Waals surface area contributed by atoms with Crippen molar-refractivity contribution in [1.82, 2.24) is 9.97 Å². The monoisotopic (exact) mass is 300 g/mol. The van der Waals surface area contributed by atoms with Crippen LogP contribution in [0.5, 0.6) is 5.88 Å². The van der Waals surface area contributed by atoms with E-state index in [0.29, 0.717) is 17.3 Å². The first-order valence-electron chi connectivity index (χ1n) is 5.94. The van der Waals surface area contributed by atoms with Gasteiger partial charge in [0, 0.05) is 23.0 Å². The van der Waals surface area contributed by atoms with Gasteiger partial charge in [-0.05, 0) is 19.3 Å². The number of nitrogens with zero attached hydrogens (tertiary/aromatic N) is 2. The van der Waals surface area contributed by atoms with Crippen molar-refractivity contribution in [3.8, 4) is 5.88 Å². The molecule has 0 spiro atoms. The molecule has 0 N–H and O–H groups in total. The van der Waals surface area contributed by atoms with Crippen LogP contribution in [0.4, 0.5) is 0 Å². The van der Waals surface area contributed by atoms with Gasteiger partial charge in [0.1, 0.15) is 5.82 Å². The van der Waals surface area contributed by atoms with Crippen LogP contribution < -0.4 is 4.74 Å². The molecule has 0 aromatic carbocycles. The van der Waals surface area contributed by atoms with Crippen LogP contribution in [0.3, 0.4) is 0 Å². The fourth-order valence-corrected chi connectivity index (χ4v) is 1.75. The van der Waals surface area contributed by atoms with Crippen LogP contribution in [0.2, 0.25) is 0 Å². The standard InChI is InChI=1S/C13H21BrN2O/c1-6-17-12-8-10(15-9(2)16-12)7-11(14)13(3,4)5/h8,11H,6-7H2,1-5H3. The highest BCUT2D eigenvalue weighted by Gasteiger charge is 2.22. The molecule has 0 radical (unpaired) electrons. The molecule has 0 saturated carbocycles. The number of alkyl halides is 1. The molecule has 0 aliphatic rings. The molecule has 0 aliphatic heterocycles. The van der Waals surface area contributed by atoms with E-state index in [-0.39, 0.29) is 5.41 Å². The predicted molar refractivity (Wildman–Crippen MR) is 73.8 cm³/mol. The third-order valence-electron chi connectivity index (χ3n) is 2.49. The van der Waals surface area contributed by atoms with E-state index in [1.54, 1.807) is 0 Å². The Morgan fingerprint density at radius 2 is 2.00 bits per heavy atom. The lowest BCUT2D eigenvalue weighted by Gasteiger charge is -2.25. The van der Waals surface area contributed by atoms with Crippen molar-refractivity contribution in [3.63, 3.8) is 0 Å². The zero-order valence-electron chi connectivity index (χ0n) is 11.2. The van der Waals surface area contributed by atoms with E-state index < -0.39 is 0 Å². The van der Waals surface area contributed by atoms with Crippen molar-refractivity contribution in [1.29, 1.82) is 0 Å². The third-order valence-corrected chi connectivity index (χ3v) is 4.19. The average molecular weight is 301 g/mol. The first-order chi connectivity index (χ1) is 7.82. The Hall–Kier alpha value is -0.640. The molecular weight excluding hydrogens is 280 g/mol. The second kappa shape index (κ2) is 5.80. The summed E-state index contributed by atoms with van der Waals surface area (Å²) < 4.78 is 5.43. The molecule has 0 fully saturated rings. The number of ether oxygens (including phenoxy) is 1. The van der Waals surface area contributed by atoms with Crippen molar-refractivity contribution >= 4 is 15.9 Å². The van der Waals surface area contributed by atoms with Crippen LogP contribution >= 0.6 is 15.9 Å². The molecule has 1 aromatic heterocycles. The molecule has 3 nitrogen and oxygen atoms in total. The maximum Gasteiger partial charge on any atom is 0.216 e. The number of aryl methyl sites for hydroxylation is 1. The van der Waals surface area contributed by atoms with Crippen molar-refractivity contribution in [3.05, 3.63) is 17.6 Å². The topological polar surface area (TPSA) is 35.0 Å². The predicted octanol–water partition coefficient (Wildman–Crippen LogP) is 3.54. The Labute approximate surface area is 112 Å². The maximum absolute atomic E-state index is 5.43. The van der Waals surface area contributed by atoms with Crippen LogP contribution in [0.25, 0.3) is 0 Å². The van der Waals surface area contributed by atoms with E-state index in [9.17, 15) is 0 Å². The quantitative estimate of drug-likeness (QED) is 0.798. The molecule has 1 rings (SSSR count). The van der Waals surface area contributed by atoms with E-state index in [4.69, 9.17) is 4.74 Å². The molecule has 1 atom stereocenters. The lowest BCUT2D eigenvalue weighted by molar-refractivity contribution is 0.324. The highest BCUT2D eigenvalue weighted by atomic mass is 79.9. The molecule has 0 aliphatic carbocycles. The number of rotatable bonds is 4. The smallest absolute Gasteiger partial charge is 0.216 e. The SMILES string of the molecule is CCOc1cc(CC(Br)C(C)(C)C)nc(C)n1. The van der Waals surface area contributed by atoms with Crippen LogP contribution in [0.1, 0.15) is 39.2 Å². The van der Waals surface area contributed by atoms with Crippen molar-refractivity contribution in [2.75, 3.05) is 6.61 Å². The minimum Gasteiger partial charge on any atom is -0.478 e. The molecule has 0 amide bonds. The molecule has 4 heteroatoms. The molecule has 1 aromatic rings. The Kier molecular flexibility index (Phi) is 4.92. The minimum atomic E-state index is 0.213. The van der Waals surface area contributed by atoms with Crippen LogP contribution in [-0.4, -0.2) is 21.4 Å². The zero-order valence-corrected chi connectivity index (χ0v) is 12.8.